The van der Waals surface area contributed by atoms with Gasteiger partial charge >= 0.3 is 0 Å². The van der Waals surface area contributed by atoms with E-state index in [1.54, 1.807) is 0 Å². The molecule has 188 valence electrons. The maximum atomic E-state index is 4.29. The molecule has 0 spiro atoms. The first-order valence-electron chi connectivity index (χ1n) is 13.4. The highest BCUT2D eigenvalue weighted by Crippen LogP contribution is 2.51. The molecule has 5 aromatic rings. The van der Waals surface area contributed by atoms with E-state index in [2.05, 4.69) is 125 Å². The van der Waals surface area contributed by atoms with Crippen molar-refractivity contribution in [1.29, 1.82) is 0 Å². The van der Waals surface area contributed by atoms with Gasteiger partial charge in [-0.15, -0.1) is 0 Å². The normalized spacial score (nSPS) is 13.0. The summed E-state index contributed by atoms with van der Waals surface area (Å²) >= 11 is 0. The average Bonchev–Trinajstić information content (AvgIpc) is 3.21. The minimum absolute atomic E-state index is 0.0721. The third kappa shape index (κ3) is 3.52. The quantitative estimate of drug-likeness (QED) is 0.217. The van der Waals surface area contributed by atoms with Gasteiger partial charge in [-0.05, 0) is 83.6 Å². The SMILES string of the molecule is C=Cc1cccc(-c2c(C=C)c(C=C)c(-c3ccc4c(c3)C(C)(C)c3ccccc3-4)c3ccccc23)c1C=C. The van der Waals surface area contributed by atoms with E-state index < -0.39 is 0 Å². The van der Waals surface area contributed by atoms with E-state index in [1.165, 1.54) is 44.2 Å². The van der Waals surface area contributed by atoms with Crippen LogP contribution in [-0.2, 0) is 5.41 Å². The fourth-order valence-electron chi connectivity index (χ4n) is 6.57. The Labute approximate surface area is 232 Å². The molecule has 0 heteroatoms. The van der Waals surface area contributed by atoms with Gasteiger partial charge in [0, 0.05) is 5.41 Å². The van der Waals surface area contributed by atoms with Crippen LogP contribution in [0.2, 0.25) is 0 Å². The molecule has 0 N–H and O–H groups in total. The van der Waals surface area contributed by atoms with Gasteiger partial charge in [-0.2, -0.15) is 0 Å². The van der Waals surface area contributed by atoms with Crippen LogP contribution in [0.1, 0.15) is 47.2 Å². The summed E-state index contributed by atoms with van der Waals surface area (Å²) in [5, 5.41) is 2.38. The fourth-order valence-corrected chi connectivity index (χ4v) is 6.57. The third-order valence-corrected chi connectivity index (χ3v) is 8.41. The second-order valence-corrected chi connectivity index (χ2v) is 10.7. The molecular weight excluding hydrogens is 468 g/mol. The van der Waals surface area contributed by atoms with E-state index in [1.807, 2.05) is 24.3 Å². The first kappa shape index (κ1) is 24.6. The number of hydrogen-bond acceptors (Lipinski definition) is 0. The number of benzene rings is 5. The highest BCUT2D eigenvalue weighted by Gasteiger charge is 2.35. The maximum Gasteiger partial charge on any atom is 0.0159 e. The highest BCUT2D eigenvalue weighted by atomic mass is 14.4. The van der Waals surface area contributed by atoms with Gasteiger partial charge < -0.3 is 0 Å². The molecule has 1 aliphatic carbocycles. The van der Waals surface area contributed by atoms with Crippen LogP contribution in [0.3, 0.4) is 0 Å². The van der Waals surface area contributed by atoms with E-state index in [0.29, 0.717) is 0 Å². The van der Waals surface area contributed by atoms with Gasteiger partial charge in [0.05, 0.1) is 0 Å². The summed E-state index contributed by atoms with van der Waals surface area (Å²) in [6, 6.07) is 30.8. The molecule has 0 heterocycles. The molecule has 0 aliphatic heterocycles. The van der Waals surface area contributed by atoms with Crippen LogP contribution in [-0.4, -0.2) is 0 Å². The molecule has 6 rings (SSSR count). The van der Waals surface area contributed by atoms with Gasteiger partial charge in [0.25, 0.3) is 0 Å². The van der Waals surface area contributed by atoms with Crippen molar-refractivity contribution in [1.82, 2.24) is 0 Å². The highest BCUT2D eigenvalue weighted by molar-refractivity contribution is 6.12. The Balaban J connectivity index is 1.71. The molecule has 1 aliphatic rings. The first-order chi connectivity index (χ1) is 19.0. The monoisotopic (exact) mass is 500 g/mol. The zero-order valence-electron chi connectivity index (χ0n) is 22.7. The molecule has 0 unspecified atom stereocenters. The Bertz CT molecular complexity index is 1840. The predicted molar refractivity (Wildman–Crippen MR) is 173 cm³/mol. The summed E-state index contributed by atoms with van der Waals surface area (Å²) in [5.74, 6) is 0. The Hall–Kier alpha value is -4.68. The maximum absolute atomic E-state index is 4.29. The molecule has 5 aromatic carbocycles. The zero-order valence-corrected chi connectivity index (χ0v) is 22.7. The summed E-state index contributed by atoms with van der Waals surface area (Å²) in [5.41, 5.74) is 14.3. The van der Waals surface area contributed by atoms with Gasteiger partial charge in [0.15, 0.2) is 0 Å². The van der Waals surface area contributed by atoms with E-state index in [0.717, 1.165) is 33.4 Å². The van der Waals surface area contributed by atoms with Crippen molar-refractivity contribution in [2.45, 2.75) is 19.3 Å². The van der Waals surface area contributed by atoms with Crippen molar-refractivity contribution in [3.63, 3.8) is 0 Å². The number of rotatable bonds is 6. The van der Waals surface area contributed by atoms with Crippen LogP contribution < -0.4 is 0 Å². The summed E-state index contributed by atoms with van der Waals surface area (Å²) < 4.78 is 0. The minimum Gasteiger partial charge on any atom is -0.0984 e. The lowest BCUT2D eigenvalue weighted by Crippen LogP contribution is -2.15. The van der Waals surface area contributed by atoms with Crippen molar-refractivity contribution in [3.05, 3.63) is 145 Å². The summed E-state index contributed by atoms with van der Waals surface area (Å²) in [6.45, 7) is 21.4. The van der Waals surface area contributed by atoms with Gasteiger partial charge in [-0.3, -0.25) is 0 Å². The number of fused-ring (bicyclic) bond motifs is 4. The van der Waals surface area contributed by atoms with Crippen molar-refractivity contribution in [2.24, 2.45) is 0 Å². The van der Waals surface area contributed by atoms with Gasteiger partial charge in [0.2, 0.25) is 0 Å². The number of hydrogen-bond donors (Lipinski definition) is 0. The van der Waals surface area contributed by atoms with E-state index in [4.69, 9.17) is 0 Å². The smallest absolute Gasteiger partial charge is 0.0159 e. The molecule has 0 saturated heterocycles. The standard InChI is InChI=1S/C39H32/c1-7-25-16-15-20-32(27(25)8-2)38-29(10-4)28(9-3)37(33-18-11-12-19-34(33)38)26-22-23-31-30-17-13-14-21-35(30)39(5,6)36(31)24-26/h7-24H,1-4H2,5-6H3. The average molecular weight is 501 g/mol. The second kappa shape index (κ2) is 9.26. The minimum atomic E-state index is -0.0721. The van der Waals surface area contributed by atoms with Crippen LogP contribution in [0.25, 0.3) is 68.5 Å². The lowest BCUT2D eigenvalue weighted by Gasteiger charge is -2.24. The van der Waals surface area contributed by atoms with Crippen LogP contribution in [0.15, 0.2) is 111 Å². The van der Waals surface area contributed by atoms with Gasteiger partial charge in [-0.1, -0.05) is 143 Å². The molecule has 0 aromatic heterocycles. The molecule has 0 nitrogen and oxygen atoms in total. The van der Waals surface area contributed by atoms with E-state index in [9.17, 15) is 0 Å². The first-order valence-corrected chi connectivity index (χ1v) is 13.4. The second-order valence-electron chi connectivity index (χ2n) is 10.7. The van der Waals surface area contributed by atoms with Crippen LogP contribution in [0.5, 0.6) is 0 Å². The van der Waals surface area contributed by atoms with Crippen LogP contribution >= 0.6 is 0 Å². The summed E-state index contributed by atoms with van der Waals surface area (Å²) in [6.07, 6.45) is 7.78. The van der Waals surface area contributed by atoms with E-state index in [-0.39, 0.29) is 5.41 Å². The summed E-state index contributed by atoms with van der Waals surface area (Å²) in [4.78, 5) is 0. The fraction of sp³-hybridized carbons (Fsp3) is 0.0769. The van der Waals surface area contributed by atoms with Crippen molar-refractivity contribution in [2.75, 3.05) is 0 Å². The summed E-state index contributed by atoms with van der Waals surface area (Å²) in [7, 11) is 0. The molecular formula is C39H32. The van der Waals surface area contributed by atoms with Crippen LogP contribution in [0, 0.1) is 0 Å². The Morgan fingerprint density at radius 3 is 1.79 bits per heavy atom. The van der Waals surface area contributed by atoms with Crippen molar-refractivity contribution in [3.8, 4) is 33.4 Å². The lowest BCUT2D eigenvalue weighted by molar-refractivity contribution is 0.660. The molecule has 0 amide bonds. The molecule has 0 atom stereocenters. The predicted octanol–water partition coefficient (Wildman–Crippen LogP) is 11.1. The molecule has 0 saturated carbocycles. The van der Waals surface area contributed by atoms with Gasteiger partial charge in [-0.25, -0.2) is 0 Å². The third-order valence-electron chi connectivity index (χ3n) is 8.41. The lowest BCUT2D eigenvalue weighted by atomic mass is 9.79. The van der Waals surface area contributed by atoms with Crippen molar-refractivity contribution >= 4 is 35.1 Å². The van der Waals surface area contributed by atoms with Crippen LogP contribution in [0.4, 0.5) is 0 Å². The Morgan fingerprint density at radius 1 is 0.513 bits per heavy atom. The largest absolute Gasteiger partial charge is 0.0984 e. The zero-order chi connectivity index (χ0) is 27.3. The molecule has 0 radical (unpaired) electrons. The van der Waals surface area contributed by atoms with Crippen molar-refractivity contribution < 1.29 is 0 Å². The van der Waals surface area contributed by atoms with E-state index >= 15 is 0 Å². The Morgan fingerprint density at radius 2 is 1.10 bits per heavy atom. The Kier molecular flexibility index (Phi) is 5.85. The molecule has 0 fully saturated rings. The van der Waals surface area contributed by atoms with Gasteiger partial charge in [0.1, 0.15) is 0 Å². The molecule has 0 bridgehead atoms. The molecule has 39 heavy (non-hydrogen) atoms. The topological polar surface area (TPSA) is 0 Å².